The Labute approximate surface area is 130 Å². The molecule has 1 spiro atoms. The van der Waals surface area contributed by atoms with Crippen molar-refractivity contribution in [3.05, 3.63) is 0 Å². The van der Waals surface area contributed by atoms with E-state index in [1.165, 1.54) is 89.9 Å². The summed E-state index contributed by atoms with van der Waals surface area (Å²) in [6.45, 7) is 0. The monoisotopic (exact) mass is 292 g/mol. The van der Waals surface area contributed by atoms with Gasteiger partial charge in [0, 0.05) is 5.92 Å². The van der Waals surface area contributed by atoms with Crippen LogP contribution in [0.4, 0.5) is 0 Å². The fraction of sp³-hybridized carbons (Fsp3) is 1.00. The zero-order valence-electron chi connectivity index (χ0n) is 13.5. The van der Waals surface area contributed by atoms with Gasteiger partial charge in [0.15, 0.2) is 0 Å². The van der Waals surface area contributed by atoms with Crippen molar-refractivity contribution in [2.75, 3.05) is 0 Å². The maximum absolute atomic E-state index is 6.63. The van der Waals surface area contributed by atoms with Crippen molar-refractivity contribution in [2.45, 2.75) is 114 Å². The molecule has 0 amide bonds. The van der Waals surface area contributed by atoms with Crippen LogP contribution in [0.3, 0.4) is 0 Å². The van der Waals surface area contributed by atoms with E-state index in [9.17, 15) is 0 Å². The van der Waals surface area contributed by atoms with E-state index in [2.05, 4.69) is 0 Å². The van der Waals surface area contributed by atoms with Gasteiger partial charge in [0.2, 0.25) is 0 Å². The van der Waals surface area contributed by atoms with Crippen LogP contribution in [0, 0.1) is 5.92 Å². The Kier molecular flexibility index (Phi) is 4.28. The molecule has 3 atom stereocenters. The molecule has 1 heterocycles. The molecule has 3 aliphatic carbocycles. The maximum atomic E-state index is 6.63. The molecule has 1 aliphatic heterocycles. The molecule has 0 aromatic rings. The normalized spacial score (nSPS) is 40.3. The lowest BCUT2D eigenvalue weighted by Gasteiger charge is -2.36. The summed E-state index contributed by atoms with van der Waals surface area (Å²) in [4.78, 5) is 0. The van der Waals surface area contributed by atoms with Crippen LogP contribution in [0.1, 0.15) is 89.9 Å². The van der Waals surface area contributed by atoms with Crippen LogP contribution < -0.4 is 0 Å². The largest absolute Gasteiger partial charge is 0.375 e. The lowest BCUT2D eigenvalue weighted by Crippen LogP contribution is -2.37. The van der Waals surface area contributed by atoms with Crippen LogP contribution in [0.5, 0.6) is 0 Å². The Bertz CT molecular complexity index is 341. The lowest BCUT2D eigenvalue weighted by atomic mass is 9.76. The first-order chi connectivity index (χ1) is 10.3. The van der Waals surface area contributed by atoms with Crippen LogP contribution in [0.15, 0.2) is 0 Å². The molecule has 3 saturated carbocycles. The van der Waals surface area contributed by atoms with E-state index < -0.39 is 0 Å². The Morgan fingerprint density at radius 1 is 0.762 bits per heavy atom. The molecule has 2 nitrogen and oxygen atoms in total. The highest BCUT2D eigenvalue weighted by atomic mass is 16.5. The maximum Gasteiger partial charge on any atom is 0.0691 e. The third kappa shape index (κ3) is 3.03. The van der Waals surface area contributed by atoms with Gasteiger partial charge < -0.3 is 9.47 Å². The molecule has 0 bridgehead atoms. The van der Waals surface area contributed by atoms with Crippen molar-refractivity contribution in [3.63, 3.8) is 0 Å². The second kappa shape index (κ2) is 6.20. The minimum atomic E-state index is 0.256. The van der Waals surface area contributed by atoms with E-state index in [4.69, 9.17) is 9.47 Å². The average Bonchev–Trinajstić information content (AvgIpc) is 2.88. The van der Waals surface area contributed by atoms with Crippen molar-refractivity contribution in [1.82, 2.24) is 0 Å². The number of hydrogen-bond donors (Lipinski definition) is 0. The van der Waals surface area contributed by atoms with Gasteiger partial charge in [-0.15, -0.1) is 0 Å². The summed E-state index contributed by atoms with van der Waals surface area (Å²) in [6, 6.07) is 0. The highest BCUT2D eigenvalue weighted by Gasteiger charge is 2.50. The minimum absolute atomic E-state index is 0.256. The number of fused-ring (bicyclic) bond motifs is 1. The summed E-state index contributed by atoms with van der Waals surface area (Å²) in [5.41, 5.74) is 0.256. The van der Waals surface area contributed by atoms with Crippen LogP contribution in [0.25, 0.3) is 0 Å². The fourth-order valence-electron chi connectivity index (χ4n) is 5.53. The summed E-state index contributed by atoms with van der Waals surface area (Å²) in [5, 5.41) is 0. The fourth-order valence-corrected chi connectivity index (χ4v) is 5.53. The molecular weight excluding hydrogens is 260 g/mol. The highest BCUT2D eigenvalue weighted by molar-refractivity contribution is 5.00. The quantitative estimate of drug-likeness (QED) is 0.713. The number of hydrogen-bond acceptors (Lipinski definition) is 2. The molecule has 4 fully saturated rings. The molecule has 4 rings (SSSR count). The van der Waals surface area contributed by atoms with E-state index in [0.29, 0.717) is 24.2 Å². The molecule has 4 aliphatic rings. The predicted octanol–water partition coefficient (Wildman–Crippen LogP) is 5.00. The molecule has 120 valence electrons. The second-order valence-corrected chi connectivity index (χ2v) is 8.13. The molecule has 21 heavy (non-hydrogen) atoms. The van der Waals surface area contributed by atoms with Gasteiger partial charge in [0.1, 0.15) is 0 Å². The van der Waals surface area contributed by atoms with Gasteiger partial charge in [-0.3, -0.25) is 0 Å². The topological polar surface area (TPSA) is 18.5 Å². The predicted molar refractivity (Wildman–Crippen MR) is 84.4 cm³/mol. The lowest BCUT2D eigenvalue weighted by molar-refractivity contribution is -0.108. The molecule has 1 saturated heterocycles. The molecule has 0 N–H and O–H groups in total. The Morgan fingerprint density at radius 2 is 1.52 bits per heavy atom. The number of ether oxygens (including phenoxy) is 2. The summed E-state index contributed by atoms with van der Waals surface area (Å²) in [7, 11) is 0. The molecule has 3 unspecified atom stereocenters. The van der Waals surface area contributed by atoms with Gasteiger partial charge in [-0.05, 0) is 51.4 Å². The van der Waals surface area contributed by atoms with Crippen molar-refractivity contribution < 1.29 is 9.47 Å². The third-order valence-electron chi connectivity index (χ3n) is 6.63. The van der Waals surface area contributed by atoms with Crippen molar-refractivity contribution in [3.8, 4) is 0 Å². The van der Waals surface area contributed by atoms with E-state index in [1.54, 1.807) is 0 Å². The Balaban J connectivity index is 1.41. The summed E-state index contributed by atoms with van der Waals surface area (Å²) < 4.78 is 13.2. The molecule has 0 aromatic carbocycles. The standard InChI is InChI=1S/C19H32O2/c1-3-8-15(9-4-1)20-17-10-7-11-18-16(17)14-19(21-18)12-5-2-6-13-19/h15-18H,1-14H2. The van der Waals surface area contributed by atoms with Crippen LogP contribution >= 0.6 is 0 Å². The van der Waals surface area contributed by atoms with Gasteiger partial charge in [-0.25, -0.2) is 0 Å². The summed E-state index contributed by atoms with van der Waals surface area (Å²) in [5.74, 6) is 0.707. The van der Waals surface area contributed by atoms with Gasteiger partial charge >= 0.3 is 0 Å². The van der Waals surface area contributed by atoms with Crippen molar-refractivity contribution in [1.29, 1.82) is 0 Å². The first kappa shape index (κ1) is 14.5. The van der Waals surface area contributed by atoms with Crippen molar-refractivity contribution in [2.24, 2.45) is 5.92 Å². The second-order valence-electron chi connectivity index (χ2n) is 8.13. The zero-order chi connectivity index (χ0) is 14.1. The zero-order valence-corrected chi connectivity index (χ0v) is 13.5. The van der Waals surface area contributed by atoms with Gasteiger partial charge in [0.25, 0.3) is 0 Å². The van der Waals surface area contributed by atoms with E-state index in [1.807, 2.05) is 0 Å². The summed E-state index contributed by atoms with van der Waals surface area (Å²) in [6.07, 6.45) is 20.4. The Morgan fingerprint density at radius 3 is 2.33 bits per heavy atom. The van der Waals surface area contributed by atoms with Crippen LogP contribution in [0.2, 0.25) is 0 Å². The van der Waals surface area contributed by atoms with E-state index in [-0.39, 0.29) is 5.60 Å². The smallest absolute Gasteiger partial charge is 0.0691 e. The number of rotatable bonds is 2. The SMILES string of the molecule is C1CCC(OC2CCCC3OC4(CCCCC4)CC23)CC1. The van der Waals surface area contributed by atoms with Gasteiger partial charge in [-0.1, -0.05) is 38.5 Å². The third-order valence-corrected chi connectivity index (χ3v) is 6.63. The first-order valence-electron chi connectivity index (χ1n) is 9.68. The molecular formula is C19H32O2. The average molecular weight is 292 g/mol. The Hall–Kier alpha value is -0.0800. The highest BCUT2D eigenvalue weighted by Crippen LogP contribution is 2.50. The van der Waals surface area contributed by atoms with E-state index >= 15 is 0 Å². The van der Waals surface area contributed by atoms with Crippen molar-refractivity contribution >= 4 is 0 Å². The van der Waals surface area contributed by atoms with Gasteiger partial charge in [-0.2, -0.15) is 0 Å². The first-order valence-corrected chi connectivity index (χ1v) is 9.68. The van der Waals surface area contributed by atoms with Crippen LogP contribution in [-0.4, -0.2) is 23.9 Å². The minimum Gasteiger partial charge on any atom is -0.375 e. The summed E-state index contributed by atoms with van der Waals surface area (Å²) >= 11 is 0. The molecule has 0 aromatic heterocycles. The van der Waals surface area contributed by atoms with Crippen LogP contribution in [-0.2, 0) is 9.47 Å². The van der Waals surface area contributed by atoms with E-state index in [0.717, 1.165) is 0 Å². The molecule has 2 heteroatoms. The van der Waals surface area contributed by atoms with Gasteiger partial charge in [0.05, 0.1) is 23.9 Å². The molecule has 0 radical (unpaired) electrons.